The van der Waals surface area contributed by atoms with Crippen LogP contribution in [0.4, 0.5) is 4.79 Å². The second kappa shape index (κ2) is 9.21. The number of urea groups is 1. The summed E-state index contributed by atoms with van der Waals surface area (Å²) in [5.74, 6) is -1.36. The number of halogens is 1. The van der Waals surface area contributed by atoms with Crippen LogP contribution in [-0.2, 0) is 19.1 Å². The lowest BCUT2D eigenvalue weighted by Crippen LogP contribution is -2.57. The van der Waals surface area contributed by atoms with Gasteiger partial charge in [-0.3, -0.25) is 19.8 Å². The third-order valence-corrected chi connectivity index (χ3v) is 5.36. The maximum atomic E-state index is 12.8. The average molecular weight is 465 g/mol. The first kappa shape index (κ1) is 21.0. The Morgan fingerprint density at radius 3 is 2.66 bits per heavy atom. The van der Waals surface area contributed by atoms with Crippen molar-refractivity contribution >= 4 is 45.8 Å². The molecular formula is C20H21BrN2O6. The van der Waals surface area contributed by atoms with E-state index in [1.165, 1.54) is 6.08 Å². The monoisotopic (exact) mass is 464 g/mol. The van der Waals surface area contributed by atoms with Gasteiger partial charge in [0.1, 0.15) is 11.3 Å². The molecule has 3 rings (SSSR count). The first-order valence-corrected chi connectivity index (χ1v) is 10.2. The molecule has 0 unspecified atom stereocenters. The zero-order chi connectivity index (χ0) is 21.0. The van der Waals surface area contributed by atoms with Crippen LogP contribution >= 0.6 is 15.9 Å². The summed E-state index contributed by atoms with van der Waals surface area (Å²) in [4.78, 5) is 49.8. The average Bonchev–Trinajstić information content (AvgIpc) is 3.18. The van der Waals surface area contributed by atoms with Crippen molar-refractivity contribution in [2.24, 2.45) is 0 Å². The molecule has 0 atom stereocenters. The normalized spacial score (nSPS) is 18.9. The summed E-state index contributed by atoms with van der Waals surface area (Å²) in [5, 5.41) is 2.25. The van der Waals surface area contributed by atoms with Gasteiger partial charge in [-0.1, -0.05) is 18.9 Å². The topological polar surface area (TPSA) is 102 Å². The minimum Gasteiger partial charge on any atom is -0.481 e. The zero-order valence-corrected chi connectivity index (χ0v) is 17.5. The van der Waals surface area contributed by atoms with Gasteiger partial charge in [-0.15, -0.1) is 0 Å². The van der Waals surface area contributed by atoms with Crippen molar-refractivity contribution in [1.82, 2.24) is 10.2 Å². The standard InChI is InChI=1S/C20H21BrN2O6/c1-2-28-17(24)11-29-16-8-7-12(10-15(16)21)9-14-18(25)22-20(27)23(19(14)26)13-5-3-4-6-13/h7-10,13H,2-6,11H2,1H3,(H,22,25,27)/b14-9+. The number of amides is 4. The predicted molar refractivity (Wildman–Crippen MR) is 107 cm³/mol. The molecule has 0 spiro atoms. The van der Waals surface area contributed by atoms with Crippen molar-refractivity contribution in [3.8, 4) is 5.75 Å². The molecule has 9 heteroatoms. The number of hydrogen-bond acceptors (Lipinski definition) is 6. The van der Waals surface area contributed by atoms with Gasteiger partial charge in [0.25, 0.3) is 11.8 Å². The van der Waals surface area contributed by atoms with E-state index in [1.54, 1.807) is 25.1 Å². The molecule has 4 amide bonds. The Morgan fingerprint density at radius 1 is 1.28 bits per heavy atom. The fourth-order valence-electron chi connectivity index (χ4n) is 3.40. The molecule has 1 saturated carbocycles. The van der Waals surface area contributed by atoms with E-state index in [1.807, 2.05) is 0 Å². The van der Waals surface area contributed by atoms with E-state index in [9.17, 15) is 19.2 Å². The Hall–Kier alpha value is -2.68. The maximum absolute atomic E-state index is 12.8. The summed E-state index contributed by atoms with van der Waals surface area (Å²) < 4.78 is 10.8. The highest BCUT2D eigenvalue weighted by Crippen LogP contribution is 2.29. The number of hydrogen-bond donors (Lipinski definition) is 1. The summed E-state index contributed by atoms with van der Waals surface area (Å²) in [6, 6.07) is 4.08. The van der Waals surface area contributed by atoms with Crippen LogP contribution in [0, 0.1) is 0 Å². The van der Waals surface area contributed by atoms with Crippen molar-refractivity contribution in [2.75, 3.05) is 13.2 Å². The molecule has 1 aromatic carbocycles. The molecule has 29 heavy (non-hydrogen) atoms. The van der Waals surface area contributed by atoms with Gasteiger partial charge in [-0.25, -0.2) is 9.59 Å². The Balaban J connectivity index is 1.78. The first-order chi connectivity index (χ1) is 13.9. The van der Waals surface area contributed by atoms with Crippen molar-refractivity contribution in [2.45, 2.75) is 38.6 Å². The third-order valence-electron chi connectivity index (χ3n) is 4.74. The van der Waals surface area contributed by atoms with Crippen LogP contribution in [0.15, 0.2) is 28.2 Å². The Morgan fingerprint density at radius 2 is 2.00 bits per heavy atom. The van der Waals surface area contributed by atoms with Gasteiger partial charge in [0.15, 0.2) is 6.61 Å². The quantitative estimate of drug-likeness (QED) is 0.394. The SMILES string of the molecule is CCOC(=O)COc1ccc(/C=C2\C(=O)NC(=O)N(C3CCCC3)C2=O)cc1Br. The second-order valence-electron chi connectivity index (χ2n) is 6.71. The van der Waals surface area contributed by atoms with Crippen LogP contribution in [0.2, 0.25) is 0 Å². The number of nitrogens with zero attached hydrogens (tertiary/aromatic N) is 1. The highest BCUT2D eigenvalue weighted by atomic mass is 79.9. The molecule has 1 aromatic rings. The molecule has 1 N–H and O–H groups in total. The predicted octanol–water partition coefficient (Wildman–Crippen LogP) is 2.80. The van der Waals surface area contributed by atoms with Crippen LogP contribution in [0.5, 0.6) is 5.75 Å². The van der Waals surface area contributed by atoms with Gasteiger partial charge in [0, 0.05) is 6.04 Å². The van der Waals surface area contributed by atoms with E-state index in [0.29, 0.717) is 15.8 Å². The van der Waals surface area contributed by atoms with E-state index < -0.39 is 23.8 Å². The van der Waals surface area contributed by atoms with E-state index in [-0.39, 0.29) is 24.8 Å². The molecule has 0 aromatic heterocycles. The summed E-state index contributed by atoms with van der Waals surface area (Å²) in [5.41, 5.74) is 0.475. The molecule has 0 radical (unpaired) electrons. The van der Waals surface area contributed by atoms with Gasteiger partial charge in [0.05, 0.1) is 11.1 Å². The van der Waals surface area contributed by atoms with Gasteiger partial charge in [0.2, 0.25) is 0 Å². The van der Waals surface area contributed by atoms with Crippen LogP contribution < -0.4 is 10.1 Å². The van der Waals surface area contributed by atoms with Crippen molar-refractivity contribution in [3.63, 3.8) is 0 Å². The summed E-state index contributed by atoms with van der Waals surface area (Å²) in [7, 11) is 0. The van der Waals surface area contributed by atoms with Crippen molar-refractivity contribution in [3.05, 3.63) is 33.8 Å². The highest BCUT2D eigenvalue weighted by molar-refractivity contribution is 9.10. The van der Waals surface area contributed by atoms with Gasteiger partial charge >= 0.3 is 12.0 Å². The van der Waals surface area contributed by atoms with E-state index >= 15 is 0 Å². The zero-order valence-electron chi connectivity index (χ0n) is 15.9. The van der Waals surface area contributed by atoms with E-state index in [4.69, 9.17) is 9.47 Å². The number of ether oxygens (including phenoxy) is 2. The number of rotatable bonds is 6. The van der Waals surface area contributed by atoms with Crippen LogP contribution in [0.3, 0.4) is 0 Å². The molecule has 0 bridgehead atoms. The molecule has 2 fully saturated rings. The third kappa shape index (κ3) is 4.84. The van der Waals surface area contributed by atoms with Crippen molar-refractivity contribution in [1.29, 1.82) is 0 Å². The number of esters is 1. The van der Waals surface area contributed by atoms with Crippen LogP contribution in [-0.4, -0.2) is 48.0 Å². The fraction of sp³-hybridized carbons (Fsp3) is 0.400. The Kier molecular flexibility index (Phi) is 6.68. The molecule has 1 aliphatic carbocycles. The molecule has 1 heterocycles. The van der Waals surface area contributed by atoms with Gasteiger partial charge in [-0.2, -0.15) is 0 Å². The Bertz CT molecular complexity index is 876. The second-order valence-corrected chi connectivity index (χ2v) is 7.57. The summed E-state index contributed by atoms with van der Waals surface area (Å²) >= 11 is 3.35. The van der Waals surface area contributed by atoms with Gasteiger partial charge in [-0.05, 0) is 59.5 Å². The number of barbiturate groups is 1. The molecule has 154 valence electrons. The number of carbonyl (C=O) groups excluding carboxylic acids is 4. The molecule has 1 saturated heterocycles. The van der Waals surface area contributed by atoms with Crippen LogP contribution in [0.25, 0.3) is 6.08 Å². The summed E-state index contributed by atoms with van der Waals surface area (Å²) in [6.07, 6.45) is 4.84. The van der Waals surface area contributed by atoms with Crippen LogP contribution in [0.1, 0.15) is 38.2 Å². The Labute approximate surface area is 176 Å². The smallest absolute Gasteiger partial charge is 0.344 e. The number of carbonyl (C=O) groups is 4. The number of benzene rings is 1. The molecule has 2 aliphatic rings. The van der Waals surface area contributed by atoms with E-state index in [2.05, 4.69) is 21.2 Å². The maximum Gasteiger partial charge on any atom is 0.344 e. The minimum absolute atomic E-state index is 0.0939. The largest absolute Gasteiger partial charge is 0.481 e. The summed E-state index contributed by atoms with van der Waals surface area (Å²) in [6.45, 7) is 1.75. The first-order valence-electron chi connectivity index (χ1n) is 9.39. The number of nitrogens with one attached hydrogen (secondary N) is 1. The molecule has 1 aliphatic heterocycles. The lowest BCUT2D eigenvalue weighted by molar-refractivity contribution is -0.145. The lowest BCUT2D eigenvalue weighted by Gasteiger charge is -2.31. The number of imide groups is 2. The minimum atomic E-state index is -0.715. The molecular weight excluding hydrogens is 444 g/mol. The van der Waals surface area contributed by atoms with Gasteiger partial charge < -0.3 is 9.47 Å². The highest BCUT2D eigenvalue weighted by Gasteiger charge is 2.40. The fourth-order valence-corrected chi connectivity index (χ4v) is 3.91. The molecule has 8 nitrogen and oxygen atoms in total. The van der Waals surface area contributed by atoms with Crippen molar-refractivity contribution < 1.29 is 28.7 Å². The van der Waals surface area contributed by atoms with E-state index in [0.717, 1.165) is 30.6 Å². The lowest BCUT2D eigenvalue weighted by atomic mass is 10.1.